The number of para-hydroxylation sites is 2. The molecular weight excluding hydrogens is 530 g/mol. The smallest absolute Gasteiger partial charge is 0.162 e. The van der Waals surface area contributed by atoms with E-state index in [1.165, 1.54) is 10.8 Å². The molecule has 4 heterocycles. The molecule has 3 aromatic heterocycles. The van der Waals surface area contributed by atoms with Gasteiger partial charge in [0.25, 0.3) is 0 Å². The molecule has 0 aliphatic carbocycles. The third-order valence-electron chi connectivity index (χ3n) is 8.03. The fraction of sp³-hybridized carbons (Fsp3) is 0.0278. The maximum atomic E-state index is 6.51. The quantitative estimate of drug-likeness (QED) is 0.138. The van der Waals surface area contributed by atoms with Crippen LogP contribution in [0.2, 0.25) is 0 Å². The molecule has 206 valence electrons. The van der Waals surface area contributed by atoms with E-state index in [-0.39, 0.29) is 0 Å². The van der Waals surface area contributed by atoms with Crippen LogP contribution in [0.15, 0.2) is 145 Å². The summed E-state index contributed by atoms with van der Waals surface area (Å²) in [6.07, 6.45) is 13.0. The van der Waals surface area contributed by atoms with E-state index in [4.69, 9.17) is 10.8 Å². The van der Waals surface area contributed by atoms with Crippen molar-refractivity contribution in [1.29, 1.82) is 0 Å². The van der Waals surface area contributed by atoms with Gasteiger partial charge in [-0.15, -0.1) is 0 Å². The first-order valence-electron chi connectivity index (χ1n) is 14.2. The molecule has 0 saturated heterocycles. The normalized spacial score (nSPS) is 15.2. The van der Waals surface area contributed by atoms with Gasteiger partial charge in [-0.05, 0) is 48.0 Å². The number of fused-ring (bicyclic) bond motifs is 5. The number of benzene rings is 4. The van der Waals surface area contributed by atoms with Crippen molar-refractivity contribution < 1.29 is 0 Å². The van der Waals surface area contributed by atoms with Crippen molar-refractivity contribution in [3.05, 3.63) is 146 Å². The van der Waals surface area contributed by atoms with Gasteiger partial charge in [-0.2, -0.15) is 0 Å². The fourth-order valence-corrected chi connectivity index (χ4v) is 6.01. The predicted octanol–water partition coefficient (Wildman–Crippen LogP) is 7.18. The molecule has 8 rings (SSSR count). The Morgan fingerprint density at radius 1 is 0.698 bits per heavy atom. The summed E-state index contributed by atoms with van der Waals surface area (Å²) in [5.74, 6) is 7.20. The molecule has 1 unspecified atom stereocenters. The largest absolute Gasteiger partial charge is 0.316 e. The summed E-state index contributed by atoms with van der Waals surface area (Å²) >= 11 is 0. The number of hydrazine groups is 1. The van der Waals surface area contributed by atoms with E-state index in [1.807, 2.05) is 42.9 Å². The molecule has 2 N–H and O–H groups in total. The van der Waals surface area contributed by atoms with Gasteiger partial charge in [0.2, 0.25) is 0 Å². The van der Waals surface area contributed by atoms with E-state index in [0.29, 0.717) is 5.82 Å². The highest BCUT2D eigenvalue weighted by molar-refractivity contribution is 6.20. The number of hydrogen-bond donors (Lipinski definition) is 1. The first-order valence-corrected chi connectivity index (χ1v) is 14.2. The summed E-state index contributed by atoms with van der Waals surface area (Å²) in [6.45, 7) is 0. The van der Waals surface area contributed by atoms with Gasteiger partial charge in [0, 0.05) is 57.8 Å². The van der Waals surface area contributed by atoms with Crippen molar-refractivity contribution in [3.8, 4) is 17.1 Å². The van der Waals surface area contributed by atoms with Crippen LogP contribution in [0, 0.1) is 0 Å². The highest BCUT2D eigenvalue weighted by Gasteiger charge is 2.22. The molecule has 1 aliphatic rings. The predicted molar refractivity (Wildman–Crippen MR) is 175 cm³/mol. The van der Waals surface area contributed by atoms with Crippen molar-refractivity contribution in [2.75, 3.05) is 0 Å². The lowest BCUT2D eigenvalue weighted by molar-refractivity contribution is 0.346. The van der Waals surface area contributed by atoms with Gasteiger partial charge >= 0.3 is 0 Å². The molecule has 1 aliphatic heterocycles. The van der Waals surface area contributed by atoms with Crippen LogP contribution in [0.5, 0.6) is 0 Å². The number of nitrogens with zero attached hydrogens (tertiary/aromatic N) is 6. The van der Waals surface area contributed by atoms with Crippen molar-refractivity contribution in [2.45, 2.75) is 6.17 Å². The van der Waals surface area contributed by atoms with Gasteiger partial charge in [-0.25, -0.2) is 20.8 Å². The number of rotatable bonds is 5. The van der Waals surface area contributed by atoms with E-state index in [0.717, 1.165) is 44.3 Å². The van der Waals surface area contributed by atoms with Gasteiger partial charge in [-0.1, -0.05) is 72.8 Å². The molecule has 7 nitrogen and oxygen atoms in total. The van der Waals surface area contributed by atoms with Gasteiger partial charge < -0.3 is 4.57 Å². The van der Waals surface area contributed by atoms with Crippen LogP contribution in [-0.4, -0.2) is 36.6 Å². The second kappa shape index (κ2) is 10.2. The van der Waals surface area contributed by atoms with Crippen molar-refractivity contribution >= 4 is 44.6 Å². The molecule has 0 radical (unpaired) electrons. The first-order chi connectivity index (χ1) is 21.3. The molecule has 0 saturated carbocycles. The number of aliphatic imine (C=N–C) groups is 1. The zero-order valence-electron chi connectivity index (χ0n) is 23.2. The van der Waals surface area contributed by atoms with Crippen LogP contribution in [0.4, 0.5) is 0 Å². The Labute approximate surface area is 248 Å². The minimum Gasteiger partial charge on any atom is -0.316 e. The van der Waals surface area contributed by atoms with Gasteiger partial charge in [0.1, 0.15) is 0 Å². The number of hydrogen-bond acceptors (Lipinski definition) is 5. The third-order valence-corrected chi connectivity index (χ3v) is 8.03. The Morgan fingerprint density at radius 3 is 2.30 bits per heavy atom. The summed E-state index contributed by atoms with van der Waals surface area (Å²) in [7, 11) is 0. The first kappa shape index (κ1) is 25.0. The van der Waals surface area contributed by atoms with Gasteiger partial charge in [0.05, 0.1) is 22.9 Å². The van der Waals surface area contributed by atoms with Gasteiger partial charge in [-0.3, -0.25) is 9.58 Å². The Kier molecular flexibility index (Phi) is 5.94. The molecule has 0 fully saturated rings. The van der Waals surface area contributed by atoms with E-state index in [9.17, 15) is 0 Å². The van der Waals surface area contributed by atoms with Crippen molar-refractivity contribution in [3.63, 3.8) is 0 Å². The molecule has 7 aromatic rings. The van der Waals surface area contributed by atoms with E-state index in [2.05, 4.69) is 110 Å². The van der Waals surface area contributed by atoms with Crippen LogP contribution < -0.4 is 5.84 Å². The van der Waals surface area contributed by atoms with Gasteiger partial charge in [0.15, 0.2) is 12.0 Å². The lowest BCUT2D eigenvalue weighted by atomic mass is 9.99. The zero-order chi connectivity index (χ0) is 28.8. The zero-order valence-corrected chi connectivity index (χ0v) is 23.2. The van der Waals surface area contributed by atoms with Crippen LogP contribution in [-0.2, 0) is 0 Å². The Morgan fingerprint density at radius 2 is 1.47 bits per heavy atom. The number of aromatic nitrogens is 4. The monoisotopic (exact) mass is 557 g/mol. The highest BCUT2D eigenvalue weighted by atomic mass is 15.5. The SMILES string of the molecule is NN1C=CC=C(c2ccc(-c3ncccn3)cc2)C1/N=C/n1c2ccccc2c2ccc3c(ccn3-c3ccccc3)c21. The average molecular weight is 558 g/mol. The minimum absolute atomic E-state index is 0.409. The number of allylic oxidation sites excluding steroid dienone is 2. The molecular formula is C36H27N7. The Hall–Kier alpha value is -5.79. The van der Waals surface area contributed by atoms with Crippen molar-refractivity contribution in [2.24, 2.45) is 10.8 Å². The van der Waals surface area contributed by atoms with Crippen LogP contribution >= 0.6 is 0 Å². The summed E-state index contributed by atoms with van der Waals surface area (Å²) in [6, 6.07) is 35.5. The average Bonchev–Trinajstić information content (AvgIpc) is 3.64. The Bertz CT molecular complexity index is 2190. The molecule has 0 spiro atoms. The third kappa shape index (κ3) is 4.22. The molecule has 43 heavy (non-hydrogen) atoms. The maximum absolute atomic E-state index is 6.51. The standard InChI is InChI=1S/C36H27N7/c37-43-22-6-11-28(25-13-15-26(16-14-25)35-38-20-7-21-39-35)36(43)40-24-42-32-12-5-4-10-29(32)30-17-18-33-31(34(30)42)19-23-41(33)27-8-2-1-3-9-27/h1-24,36H,37H2/b40-24+. The number of nitrogens with two attached hydrogens (primary N) is 1. The summed E-state index contributed by atoms with van der Waals surface area (Å²) in [5.41, 5.74) is 7.46. The van der Waals surface area contributed by atoms with E-state index >= 15 is 0 Å². The van der Waals surface area contributed by atoms with Crippen LogP contribution in [0.3, 0.4) is 0 Å². The van der Waals surface area contributed by atoms with Crippen molar-refractivity contribution in [1.82, 2.24) is 24.1 Å². The van der Waals surface area contributed by atoms with E-state index < -0.39 is 6.17 Å². The van der Waals surface area contributed by atoms with Crippen LogP contribution in [0.1, 0.15) is 5.56 Å². The molecule has 0 bridgehead atoms. The fourth-order valence-electron chi connectivity index (χ4n) is 6.01. The molecule has 0 amide bonds. The summed E-state index contributed by atoms with van der Waals surface area (Å²) < 4.78 is 4.43. The molecule has 4 aromatic carbocycles. The second-order valence-corrected chi connectivity index (χ2v) is 10.5. The second-order valence-electron chi connectivity index (χ2n) is 10.5. The van der Waals surface area contributed by atoms with Crippen LogP contribution in [0.25, 0.3) is 55.4 Å². The molecule has 1 atom stereocenters. The maximum Gasteiger partial charge on any atom is 0.162 e. The Balaban J connectivity index is 1.23. The minimum atomic E-state index is -0.409. The van der Waals surface area contributed by atoms with E-state index in [1.54, 1.807) is 17.4 Å². The summed E-state index contributed by atoms with van der Waals surface area (Å²) in [4.78, 5) is 13.9. The highest BCUT2D eigenvalue weighted by Crippen LogP contribution is 2.35. The lowest BCUT2D eigenvalue weighted by Crippen LogP contribution is -2.37. The summed E-state index contributed by atoms with van der Waals surface area (Å²) in [5, 5.41) is 5.17. The lowest BCUT2D eigenvalue weighted by Gasteiger charge is -2.28. The molecule has 7 heteroatoms. The topological polar surface area (TPSA) is 77.3 Å².